The van der Waals surface area contributed by atoms with Gasteiger partial charge in [-0.15, -0.1) is 0 Å². The van der Waals surface area contributed by atoms with E-state index in [9.17, 15) is 0 Å². The molecule has 0 saturated carbocycles. The maximum absolute atomic E-state index is 6.18. The number of piperazine rings is 1. The summed E-state index contributed by atoms with van der Waals surface area (Å²) in [4.78, 5) is 8.38. The first-order chi connectivity index (χ1) is 13.7. The van der Waals surface area contributed by atoms with Gasteiger partial charge in [-0.25, -0.2) is 0 Å². The van der Waals surface area contributed by atoms with Crippen LogP contribution in [0.5, 0.6) is 5.75 Å². The average Bonchev–Trinajstić information content (AvgIpc) is 3.20. The Morgan fingerprint density at radius 1 is 1.04 bits per heavy atom. The first kappa shape index (κ1) is 19.2. The second-order valence-electron chi connectivity index (χ2n) is 7.53. The van der Waals surface area contributed by atoms with Crippen molar-refractivity contribution in [1.29, 1.82) is 0 Å². The normalized spacial score (nSPS) is 15.3. The summed E-state index contributed by atoms with van der Waals surface area (Å²) in [5, 5.41) is 2.02. The highest BCUT2D eigenvalue weighted by Crippen LogP contribution is 2.27. The van der Waals surface area contributed by atoms with Crippen LogP contribution < -0.4 is 9.64 Å². The van der Waals surface area contributed by atoms with Crippen LogP contribution in [0.15, 0.2) is 48.7 Å². The molecule has 0 spiro atoms. The van der Waals surface area contributed by atoms with E-state index in [2.05, 4.69) is 46.0 Å². The van der Waals surface area contributed by atoms with Gasteiger partial charge < -0.3 is 14.6 Å². The molecule has 2 heterocycles. The molecule has 0 amide bonds. The van der Waals surface area contributed by atoms with E-state index < -0.39 is 0 Å². The maximum atomic E-state index is 6.18. The van der Waals surface area contributed by atoms with Gasteiger partial charge in [0.25, 0.3) is 0 Å². The van der Waals surface area contributed by atoms with Gasteiger partial charge in [-0.05, 0) is 62.2 Å². The van der Waals surface area contributed by atoms with Gasteiger partial charge in [-0.2, -0.15) is 0 Å². The van der Waals surface area contributed by atoms with Gasteiger partial charge in [-0.3, -0.25) is 4.90 Å². The number of benzene rings is 2. The molecule has 1 saturated heterocycles. The van der Waals surface area contributed by atoms with Crippen LogP contribution in [-0.4, -0.2) is 49.2 Å². The lowest BCUT2D eigenvalue weighted by Crippen LogP contribution is -2.46. The standard InChI is InChI=1S/C23H28ClN3O/c1-18-7-8-20(24)23(17-18)28-16-3-2-11-26-12-14-27(15-13-26)22-6-4-5-21-19(22)9-10-25-21/h4-10,17,25H,2-3,11-16H2,1H3. The van der Waals surface area contributed by atoms with Crippen molar-refractivity contribution in [3.8, 4) is 5.75 Å². The van der Waals surface area contributed by atoms with Crippen LogP contribution in [-0.2, 0) is 0 Å². The number of aromatic nitrogens is 1. The molecule has 0 bridgehead atoms. The Balaban J connectivity index is 1.19. The molecule has 5 heteroatoms. The number of aromatic amines is 1. The number of hydrogen-bond acceptors (Lipinski definition) is 3. The van der Waals surface area contributed by atoms with E-state index in [0.717, 1.165) is 57.9 Å². The van der Waals surface area contributed by atoms with Crippen LogP contribution in [0.1, 0.15) is 18.4 Å². The molecule has 0 aliphatic carbocycles. The molecule has 0 unspecified atom stereocenters. The minimum atomic E-state index is 0.694. The van der Waals surface area contributed by atoms with Crippen molar-refractivity contribution in [3.05, 3.63) is 59.2 Å². The predicted molar refractivity (Wildman–Crippen MR) is 118 cm³/mol. The zero-order valence-electron chi connectivity index (χ0n) is 16.5. The zero-order valence-corrected chi connectivity index (χ0v) is 17.2. The third-order valence-corrected chi connectivity index (χ3v) is 5.81. The highest BCUT2D eigenvalue weighted by atomic mass is 35.5. The summed E-state index contributed by atoms with van der Waals surface area (Å²) in [5.74, 6) is 0.800. The van der Waals surface area contributed by atoms with Crippen molar-refractivity contribution in [2.75, 3.05) is 44.2 Å². The maximum Gasteiger partial charge on any atom is 0.138 e. The van der Waals surface area contributed by atoms with Gasteiger partial charge in [0.05, 0.1) is 11.6 Å². The summed E-state index contributed by atoms with van der Waals surface area (Å²) in [6, 6.07) is 14.6. The molecule has 4 rings (SSSR count). The highest BCUT2D eigenvalue weighted by Gasteiger charge is 2.18. The molecule has 148 valence electrons. The number of anilines is 1. The van der Waals surface area contributed by atoms with E-state index in [1.54, 1.807) is 0 Å². The minimum Gasteiger partial charge on any atom is -0.492 e. The quantitative estimate of drug-likeness (QED) is 0.562. The number of unbranched alkanes of at least 4 members (excludes halogenated alkanes) is 1. The first-order valence-electron chi connectivity index (χ1n) is 10.1. The van der Waals surface area contributed by atoms with Crippen molar-refractivity contribution in [2.45, 2.75) is 19.8 Å². The largest absolute Gasteiger partial charge is 0.492 e. The van der Waals surface area contributed by atoms with E-state index >= 15 is 0 Å². The summed E-state index contributed by atoms with van der Waals surface area (Å²) in [7, 11) is 0. The molecule has 4 nitrogen and oxygen atoms in total. The Bertz CT molecular complexity index is 915. The lowest BCUT2D eigenvalue weighted by molar-refractivity contribution is 0.239. The Hall–Kier alpha value is -2.17. The first-order valence-corrected chi connectivity index (χ1v) is 10.5. The van der Waals surface area contributed by atoms with Gasteiger partial charge in [0.1, 0.15) is 5.75 Å². The van der Waals surface area contributed by atoms with Crippen molar-refractivity contribution >= 4 is 28.2 Å². The number of hydrogen-bond donors (Lipinski definition) is 1. The Morgan fingerprint density at radius 2 is 1.89 bits per heavy atom. The topological polar surface area (TPSA) is 31.5 Å². The number of halogens is 1. The molecular weight excluding hydrogens is 370 g/mol. The predicted octanol–water partition coefficient (Wildman–Crippen LogP) is 5.11. The highest BCUT2D eigenvalue weighted by molar-refractivity contribution is 6.32. The molecule has 0 atom stereocenters. The monoisotopic (exact) mass is 397 g/mol. The van der Waals surface area contributed by atoms with Gasteiger partial charge in [0.15, 0.2) is 0 Å². The van der Waals surface area contributed by atoms with E-state index in [1.807, 2.05) is 24.4 Å². The minimum absolute atomic E-state index is 0.694. The van der Waals surface area contributed by atoms with Crippen LogP contribution in [0, 0.1) is 6.92 Å². The number of ether oxygens (including phenoxy) is 1. The fourth-order valence-electron chi connectivity index (χ4n) is 3.90. The summed E-state index contributed by atoms with van der Waals surface area (Å²) in [5.41, 5.74) is 3.74. The molecule has 1 aromatic heterocycles. The van der Waals surface area contributed by atoms with Crippen molar-refractivity contribution in [3.63, 3.8) is 0 Å². The Kier molecular flexibility index (Phi) is 6.08. The van der Waals surface area contributed by atoms with Gasteiger partial charge in [-0.1, -0.05) is 23.7 Å². The fourth-order valence-corrected chi connectivity index (χ4v) is 4.07. The second-order valence-corrected chi connectivity index (χ2v) is 7.94. The van der Waals surface area contributed by atoms with Crippen LogP contribution in [0.4, 0.5) is 5.69 Å². The lowest BCUT2D eigenvalue weighted by atomic mass is 10.1. The van der Waals surface area contributed by atoms with Gasteiger partial charge >= 0.3 is 0 Å². The fraction of sp³-hybridized carbons (Fsp3) is 0.391. The summed E-state index contributed by atoms with van der Waals surface area (Å²) >= 11 is 6.18. The smallest absolute Gasteiger partial charge is 0.138 e. The molecule has 1 fully saturated rings. The van der Waals surface area contributed by atoms with Crippen LogP contribution >= 0.6 is 11.6 Å². The number of aryl methyl sites for hydroxylation is 1. The Morgan fingerprint density at radius 3 is 2.75 bits per heavy atom. The van der Waals surface area contributed by atoms with E-state index in [-0.39, 0.29) is 0 Å². The third kappa shape index (κ3) is 4.45. The molecule has 1 N–H and O–H groups in total. The summed E-state index contributed by atoms with van der Waals surface area (Å²) in [6.07, 6.45) is 4.22. The second kappa shape index (κ2) is 8.89. The van der Waals surface area contributed by atoms with E-state index in [4.69, 9.17) is 16.3 Å². The number of nitrogens with one attached hydrogen (secondary N) is 1. The zero-order chi connectivity index (χ0) is 19.3. The van der Waals surface area contributed by atoms with Gasteiger partial charge in [0, 0.05) is 49.0 Å². The van der Waals surface area contributed by atoms with Gasteiger partial charge in [0.2, 0.25) is 0 Å². The summed E-state index contributed by atoms with van der Waals surface area (Å²) < 4.78 is 5.85. The number of H-pyrrole nitrogens is 1. The van der Waals surface area contributed by atoms with Crippen LogP contribution in [0.2, 0.25) is 5.02 Å². The molecule has 28 heavy (non-hydrogen) atoms. The molecule has 0 radical (unpaired) electrons. The van der Waals surface area contributed by atoms with Crippen molar-refractivity contribution in [2.24, 2.45) is 0 Å². The van der Waals surface area contributed by atoms with E-state index in [0.29, 0.717) is 5.02 Å². The Labute approximate surface area is 172 Å². The molecule has 3 aromatic rings. The molecule has 1 aliphatic rings. The van der Waals surface area contributed by atoms with Crippen molar-refractivity contribution < 1.29 is 4.74 Å². The number of nitrogens with zero attached hydrogens (tertiary/aromatic N) is 2. The van der Waals surface area contributed by atoms with Crippen LogP contribution in [0.3, 0.4) is 0 Å². The van der Waals surface area contributed by atoms with Crippen LogP contribution in [0.25, 0.3) is 10.9 Å². The average molecular weight is 398 g/mol. The number of fused-ring (bicyclic) bond motifs is 1. The van der Waals surface area contributed by atoms with E-state index in [1.165, 1.54) is 22.2 Å². The SMILES string of the molecule is Cc1ccc(Cl)c(OCCCCN2CCN(c3cccc4[nH]ccc34)CC2)c1. The molecule has 2 aromatic carbocycles. The molecule has 1 aliphatic heterocycles. The molecular formula is C23H28ClN3O. The third-order valence-electron chi connectivity index (χ3n) is 5.50. The van der Waals surface area contributed by atoms with Crippen molar-refractivity contribution in [1.82, 2.24) is 9.88 Å². The summed E-state index contributed by atoms with van der Waals surface area (Å²) in [6.45, 7) is 8.31. The lowest BCUT2D eigenvalue weighted by Gasteiger charge is -2.36. The number of rotatable bonds is 7.